The molecule has 3 N–H and O–H groups in total. The summed E-state index contributed by atoms with van der Waals surface area (Å²) in [6.07, 6.45) is 2.03. The minimum absolute atomic E-state index is 0.162. The number of anilines is 1. The van der Waals surface area contributed by atoms with Crippen LogP contribution in [-0.2, 0) is 0 Å². The second kappa shape index (κ2) is 7.74. The van der Waals surface area contributed by atoms with Gasteiger partial charge in [-0.25, -0.2) is 4.98 Å². The largest absolute Gasteiger partial charge is 0.384 e. The zero-order chi connectivity index (χ0) is 14.3. The average molecular weight is 264 g/mol. The standard InChI is InChI=1S/C14H24N4O/c1-11(2)18(3)10-5-4-9-16-14(19)12-7-6-8-13(15)17-12/h6-8,11H,4-5,9-10H2,1-3H3,(H2,15,17)(H,16,19). The molecule has 0 aromatic carbocycles. The lowest BCUT2D eigenvalue weighted by atomic mass is 10.2. The molecule has 0 unspecified atom stereocenters. The van der Waals surface area contributed by atoms with E-state index < -0.39 is 0 Å². The molecule has 5 nitrogen and oxygen atoms in total. The van der Waals surface area contributed by atoms with Crippen molar-refractivity contribution < 1.29 is 4.79 Å². The summed E-state index contributed by atoms with van der Waals surface area (Å²) in [5.74, 6) is 0.204. The number of nitrogen functional groups attached to an aromatic ring is 1. The number of aromatic nitrogens is 1. The van der Waals surface area contributed by atoms with Crippen molar-refractivity contribution in [3.8, 4) is 0 Å². The van der Waals surface area contributed by atoms with Crippen LogP contribution in [0, 0.1) is 0 Å². The Balaban J connectivity index is 2.21. The van der Waals surface area contributed by atoms with Crippen LogP contribution < -0.4 is 11.1 Å². The maximum absolute atomic E-state index is 11.8. The fourth-order valence-corrected chi connectivity index (χ4v) is 1.61. The molecular weight excluding hydrogens is 240 g/mol. The van der Waals surface area contributed by atoms with E-state index in [9.17, 15) is 4.79 Å². The Morgan fingerprint density at radius 1 is 1.42 bits per heavy atom. The Labute approximate surface area is 115 Å². The van der Waals surface area contributed by atoms with Gasteiger partial charge in [0.05, 0.1) is 0 Å². The Bertz CT molecular complexity index is 406. The first-order chi connectivity index (χ1) is 9.00. The number of carbonyl (C=O) groups excluding carboxylic acids is 1. The lowest BCUT2D eigenvalue weighted by molar-refractivity contribution is 0.0947. The molecular formula is C14H24N4O. The smallest absolute Gasteiger partial charge is 0.269 e. The third-order valence-electron chi connectivity index (χ3n) is 3.11. The van der Waals surface area contributed by atoms with Crippen LogP contribution in [0.2, 0.25) is 0 Å². The van der Waals surface area contributed by atoms with E-state index in [0.717, 1.165) is 19.4 Å². The molecule has 0 radical (unpaired) electrons. The van der Waals surface area contributed by atoms with Crippen molar-refractivity contribution in [1.29, 1.82) is 0 Å². The zero-order valence-electron chi connectivity index (χ0n) is 12.0. The highest BCUT2D eigenvalue weighted by Gasteiger charge is 2.06. The van der Waals surface area contributed by atoms with Gasteiger partial charge in [0.1, 0.15) is 11.5 Å². The van der Waals surface area contributed by atoms with E-state index in [0.29, 0.717) is 24.1 Å². The maximum Gasteiger partial charge on any atom is 0.269 e. The van der Waals surface area contributed by atoms with Crippen molar-refractivity contribution in [2.45, 2.75) is 32.7 Å². The minimum atomic E-state index is -0.162. The van der Waals surface area contributed by atoms with Crippen molar-refractivity contribution in [2.24, 2.45) is 0 Å². The lowest BCUT2D eigenvalue weighted by Crippen LogP contribution is -2.29. The molecule has 0 aliphatic carbocycles. The van der Waals surface area contributed by atoms with Crippen LogP contribution in [0.25, 0.3) is 0 Å². The third-order valence-corrected chi connectivity index (χ3v) is 3.11. The number of hydrogen-bond acceptors (Lipinski definition) is 4. The SMILES string of the molecule is CC(C)N(C)CCCCNC(=O)c1cccc(N)n1. The first-order valence-corrected chi connectivity index (χ1v) is 6.71. The highest BCUT2D eigenvalue weighted by molar-refractivity contribution is 5.92. The van der Waals surface area contributed by atoms with E-state index in [2.05, 4.69) is 36.1 Å². The lowest BCUT2D eigenvalue weighted by Gasteiger charge is -2.20. The van der Waals surface area contributed by atoms with E-state index in [-0.39, 0.29) is 5.91 Å². The number of nitrogens with two attached hydrogens (primary N) is 1. The summed E-state index contributed by atoms with van der Waals surface area (Å²) in [6.45, 7) is 6.06. The first kappa shape index (κ1) is 15.4. The molecule has 1 aromatic rings. The molecule has 0 fully saturated rings. The van der Waals surface area contributed by atoms with Crippen molar-refractivity contribution in [2.75, 3.05) is 25.9 Å². The number of nitrogens with zero attached hydrogens (tertiary/aromatic N) is 2. The van der Waals surface area contributed by atoms with Crippen LogP contribution in [0.4, 0.5) is 5.82 Å². The van der Waals surface area contributed by atoms with Crippen molar-refractivity contribution in [3.63, 3.8) is 0 Å². The minimum Gasteiger partial charge on any atom is -0.384 e. The fourth-order valence-electron chi connectivity index (χ4n) is 1.61. The summed E-state index contributed by atoms with van der Waals surface area (Å²) in [4.78, 5) is 18.0. The van der Waals surface area contributed by atoms with Gasteiger partial charge in [-0.05, 0) is 52.4 Å². The topological polar surface area (TPSA) is 71.2 Å². The van der Waals surface area contributed by atoms with E-state index >= 15 is 0 Å². The summed E-state index contributed by atoms with van der Waals surface area (Å²) >= 11 is 0. The highest BCUT2D eigenvalue weighted by atomic mass is 16.1. The number of unbranched alkanes of at least 4 members (excludes halogenated alkanes) is 1. The van der Waals surface area contributed by atoms with Crippen LogP contribution in [0.1, 0.15) is 37.2 Å². The molecule has 0 spiro atoms. The highest BCUT2D eigenvalue weighted by Crippen LogP contribution is 2.01. The van der Waals surface area contributed by atoms with Gasteiger partial charge >= 0.3 is 0 Å². The first-order valence-electron chi connectivity index (χ1n) is 6.71. The Morgan fingerprint density at radius 2 is 2.16 bits per heavy atom. The molecule has 5 heteroatoms. The molecule has 0 aliphatic heterocycles. The summed E-state index contributed by atoms with van der Waals surface area (Å²) in [5, 5.41) is 2.85. The predicted molar refractivity (Wildman–Crippen MR) is 78.0 cm³/mol. The second-order valence-electron chi connectivity index (χ2n) is 4.99. The van der Waals surface area contributed by atoms with Gasteiger partial charge in [-0.1, -0.05) is 6.07 Å². The van der Waals surface area contributed by atoms with Crippen LogP contribution >= 0.6 is 0 Å². The Kier molecular flexibility index (Phi) is 6.29. The maximum atomic E-state index is 11.8. The number of nitrogens with one attached hydrogen (secondary N) is 1. The zero-order valence-corrected chi connectivity index (χ0v) is 12.0. The molecule has 1 rings (SSSR count). The monoisotopic (exact) mass is 264 g/mol. The van der Waals surface area contributed by atoms with Crippen molar-refractivity contribution >= 4 is 11.7 Å². The molecule has 0 atom stereocenters. The quantitative estimate of drug-likeness (QED) is 0.732. The Morgan fingerprint density at radius 3 is 2.79 bits per heavy atom. The van der Waals surface area contributed by atoms with Gasteiger partial charge in [-0.2, -0.15) is 0 Å². The van der Waals surface area contributed by atoms with Gasteiger partial charge in [-0.15, -0.1) is 0 Å². The number of rotatable bonds is 7. The van der Waals surface area contributed by atoms with Crippen molar-refractivity contribution in [3.05, 3.63) is 23.9 Å². The van der Waals surface area contributed by atoms with Gasteiger partial charge in [0, 0.05) is 12.6 Å². The van der Waals surface area contributed by atoms with E-state index in [1.54, 1.807) is 18.2 Å². The molecule has 1 heterocycles. The molecule has 0 aliphatic rings. The van der Waals surface area contributed by atoms with E-state index in [4.69, 9.17) is 5.73 Å². The predicted octanol–water partition coefficient (Wildman–Crippen LogP) is 1.51. The molecule has 106 valence electrons. The van der Waals surface area contributed by atoms with Gasteiger partial charge in [0.15, 0.2) is 0 Å². The van der Waals surface area contributed by atoms with E-state index in [1.165, 1.54) is 0 Å². The summed E-state index contributed by atoms with van der Waals surface area (Å²) in [6, 6.07) is 5.62. The van der Waals surface area contributed by atoms with Gasteiger partial charge in [0.25, 0.3) is 5.91 Å². The van der Waals surface area contributed by atoms with Gasteiger partial charge in [0.2, 0.25) is 0 Å². The summed E-state index contributed by atoms with van der Waals surface area (Å²) in [7, 11) is 2.11. The number of carbonyl (C=O) groups is 1. The van der Waals surface area contributed by atoms with Crippen LogP contribution in [0.5, 0.6) is 0 Å². The summed E-state index contributed by atoms with van der Waals surface area (Å²) < 4.78 is 0. The Hall–Kier alpha value is -1.62. The molecule has 1 aromatic heterocycles. The van der Waals surface area contributed by atoms with Crippen molar-refractivity contribution in [1.82, 2.24) is 15.2 Å². The van der Waals surface area contributed by atoms with Gasteiger partial charge < -0.3 is 16.0 Å². The van der Waals surface area contributed by atoms with Crippen LogP contribution in [0.3, 0.4) is 0 Å². The summed E-state index contributed by atoms with van der Waals surface area (Å²) in [5.41, 5.74) is 5.91. The number of amides is 1. The molecule has 1 amide bonds. The van der Waals surface area contributed by atoms with Crippen LogP contribution in [0.15, 0.2) is 18.2 Å². The van der Waals surface area contributed by atoms with E-state index in [1.807, 2.05) is 0 Å². The third kappa shape index (κ3) is 5.70. The molecule has 0 saturated carbocycles. The van der Waals surface area contributed by atoms with Gasteiger partial charge in [-0.3, -0.25) is 4.79 Å². The molecule has 0 bridgehead atoms. The van der Waals surface area contributed by atoms with Crippen LogP contribution in [-0.4, -0.2) is 42.0 Å². The fraction of sp³-hybridized carbons (Fsp3) is 0.571. The average Bonchev–Trinajstić information content (AvgIpc) is 2.37. The normalized spacial score (nSPS) is 11.0. The molecule has 19 heavy (non-hydrogen) atoms. The number of pyridine rings is 1. The molecule has 0 saturated heterocycles. The second-order valence-corrected chi connectivity index (χ2v) is 4.99. The number of hydrogen-bond donors (Lipinski definition) is 2.